The lowest BCUT2D eigenvalue weighted by atomic mass is 9.99. The standard InChI is InChI=1S/C6H10O6/c7-2-6(11)5(10)4(9)3(8)1-12-6/h4-5,7,9-11H,1-2H2/t4-,5+,6?/m1/s1. The van der Waals surface area contributed by atoms with Crippen LogP contribution in [-0.2, 0) is 9.53 Å². The van der Waals surface area contributed by atoms with Gasteiger partial charge in [0.05, 0.1) is 6.61 Å². The van der Waals surface area contributed by atoms with Gasteiger partial charge in [-0.1, -0.05) is 0 Å². The van der Waals surface area contributed by atoms with Crippen molar-refractivity contribution in [2.75, 3.05) is 13.2 Å². The third-order valence-electron chi connectivity index (χ3n) is 1.78. The minimum atomic E-state index is -2.23. The molecule has 0 saturated carbocycles. The van der Waals surface area contributed by atoms with Crippen LogP contribution in [0.25, 0.3) is 0 Å². The van der Waals surface area contributed by atoms with Crippen molar-refractivity contribution in [3.05, 3.63) is 0 Å². The molecule has 0 aromatic heterocycles. The highest BCUT2D eigenvalue weighted by atomic mass is 16.7. The molecule has 3 atom stereocenters. The summed E-state index contributed by atoms with van der Waals surface area (Å²) in [6.45, 7) is -1.40. The van der Waals surface area contributed by atoms with E-state index >= 15 is 0 Å². The molecule has 6 nitrogen and oxygen atoms in total. The number of aliphatic hydroxyl groups excluding tert-OH is 3. The quantitative estimate of drug-likeness (QED) is 0.340. The lowest BCUT2D eigenvalue weighted by Gasteiger charge is -2.36. The minimum absolute atomic E-state index is 0.519. The van der Waals surface area contributed by atoms with Crippen LogP contribution >= 0.6 is 0 Å². The van der Waals surface area contributed by atoms with Crippen LogP contribution in [0.2, 0.25) is 0 Å². The number of ether oxygens (including phenoxy) is 1. The summed E-state index contributed by atoms with van der Waals surface area (Å²) in [5.74, 6) is -2.95. The Kier molecular flexibility index (Phi) is 2.45. The topological polar surface area (TPSA) is 107 Å². The molecule has 1 saturated heterocycles. The zero-order valence-electron chi connectivity index (χ0n) is 6.17. The Morgan fingerprint density at radius 3 is 2.67 bits per heavy atom. The van der Waals surface area contributed by atoms with Crippen LogP contribution in [0.5, 0.6) is 0 Å². The van der Waals surface area contributed by atoms with Gasteiger partial charge in [-0.15, -0.1) is 0 Å². The molecule has 0 aromatic rings. The van der Waals surface area contributed by atoms with Gasteiger partial charge in [-0.3, -0.25) is 4.79 Å². The van der Waals surface area contributed by atoms with Crippen molar-refractivity contribution < 1.29 is 30.0 Å². The van der Waals surface area contributed by atoms with Crippen LogP contribution < -0.4 is 0 Å². The first kappa shape index (κ1) is 9.56. The Morgan fingerprint density at radius 2 is 2.17 bits per heavy atom. The molecule has 4 N–H and O–H groups in total. The average Bonchev–Trinajstić information content (AvgIpc) is 2.09. The number of carbonyl (C=O) groups excluding carboxylic acids is 1. The molecule has 1 heterocycles. The summed E-state index contributed by atoms with van der Waals surface area (Å²) in [5, 5.41) is 35.8. The second-order valence-electron chi connectivity index (χ2n) is 2.65. The van der Waals surface area contributed by atoms with Crippen LogP contribution in [0.15, 0.2) is 0 Å². The number of carbonyl (C=O) groups is 1. The maximum atomic E-state index is 10.7. The van der Waals surface area contributed by atoms with Crippen LogP contribution in [0, 0.1) is 0 Å². The average molecular weight is 178 g/mol. The predicted molar refractivity (Wildman–Crippen MR) is 35.0 cm³/mol. The minimum Gasteiger partial charge on any atom is -0.391 e. The first-order valence-corrected chi connectivity index (χ1v) is 3.37. The second kappa shape index (κ2) is 3.08. The Morgan fingerprint density at radius 1 is 1.58 bits per heavy atom. The number of hydrogen-bond donors (Lipinski definition) is 4. The summed E-state index contributed by atoms with van der Waals surface area (Å²) in [6, 6.07) is 0. The van der Waals surface area contributed by atoms with Gasteiger partial charge in [0, 0.05) is 0 Å². The van der Waals surface area contributed by atoms with Crippen molar-refractivity contribution in [1.82, 2.24) is 0 Å². The van der Waals surface area contributed by atoms with E-state index in [9.17, 15) is 9.90 Å². The Hall–Kier alpha value is -0.530. The fourth-order valence-corrected chi connectivity index (χ4v) is 0.929. The first-order valence-electron chi connectivity index (χ1n) is 3.37. The summed E-state index contributed by atoms with van der Waals surface area (Å²) < 4.78 is 4.46. The summed E-state index contributed by atoms with van der Waals surface area (Å²) in [7, 11) is 0. The third kappa shape index (κ3) is 1.35. The van der Waals surface area contributed by atoms with Gasteiger partial charge < -0.3 is 25.2 Å². The monoisotopic (exact) mass is 178 g/mol. The zero-order chi connectivity index (χ0) is 9.35. The van der Waals surface area contributed by atoms with Gasteiger partial charge in [0.2, 0.25) is 5.79 Å². The number of aliphatic hydroxyl groups is 4. The van der Waals surface area contributed by atoms with Crippen LogP contribution in [-0.4, -0.2) is 57.4 Å². The van der Waals surface area contributed by atoms with E-state index in [0.717, 1.165) is 0 Å². The van der Waals surface area contributed by atoms with Crippen LogP contribution in [0.4, 0.5) is 0 Å². The molecule has 1 aliphatic heterocycles. The van der Waals surface area contributed by atoms with Gasteiger partial charge in [-0.25, -0.2) is 0 Å². The molecule has 0 spiro atoms. The van der Waals surface area contributed by atoms with E-state index in [0.29, 0.717) is 0 Å². The van der Waals surface area contributed by atoms with Gasteiger partial charge in [-0.2, -0.15) is 0 Å². The van der Waals surface area contributed by atoms with Crippen molar-refractivity contribution in [2.45, 2.75) is 18.0 Å². The van der Waals surface area contributed by atoms with E-state index in [2.05, 4.69) is 4.74 Å². The molecule has 0 bridgehead atoms. The van der Waals surface area contributed by atoms with Crippen LogP contribution in [0.3, 0.4) is 0 Å². The highest BCUT2D eigenvalue weighted by molar-refractivity contribution is 5.85. The molecule has 0 radical (unpaired) electrons. The molecule has 1 unspecified atom stereocenters. The maximum absolute atomic E-state index is 10.7. The number of Topliss-reactive ketones (excluding diaryl/α,β-unsaturated/α-hetero) is 1. The van der Waals surface area contributed by atoms with Gasteiger partial charge in [0.25, 0.3) is 0 Å². The number of rotatable bonds is 1. The molecule has 6 heteroatoms. The van der Waals surface area contributed by atoms with Crippen molar-refractivity contribution in [2.24, 2.45) is 0 Å². The maximum Gasteiger partial charge on any atom is 0.219 e. The SMILES string of the molecule is O=C1COC(O)(CO)[C@@H](O)[C@@H]1O. The van der Waals surface area contributed by atoms with Crippen molar-refractivity contribution in [3.63, 3.8) is 0 Å². The smallest absolute Gasteiger partial charge is 0.219 e. The van der Waals surface area contributed by atoms with Gasteiger partial charge in [-0.05, 0) is 0 Å². The molecular formula is C6H10O6. The van der Waals surface area contributed by atoms with E-state index in [1.807, 2.05) is 0 Å². The van der Waals surface area contributed by atoms with Crippen molar-refractivity contribution in [3.8, 4) is 0 Å². The highest BCUT2D eigenvalue weighted by Crippen LogP contribution is 2.20. The highest BCUT2D eigenvalue weighted by Gasteiger charge is 2.47. The summed E-state index contributed by atoms with van der Waals surface area (Å²) in [4.78, 5) is 10.7. The molecule has 0 aromatic carbocycles. The fraction of sp³-hybridized carbons (Fsp3) is 0.833. The Balaban J connectivity index is 2.77. The molecule has 0 amide bonds. The number of ketones is 1. The predicted octanol–water partition coefficient (Wildman–Crippen LogP) is -3.01. The number of hydrogen-bond acceptors (Lipinski definition) is 6. The molecule has 1 aliphatic rings. The van der Waals surface area contributed by atoms with Gasteiger partial charge in [0.15, 0.2) is 5.78 Å². The van der Waals surface area contributed by atoms with E-state index in [-0.39, 0.29) is 0 Å². The normalized spacial score (nSPS) is 43.2. The Bertz CT molecular complexity index is 192. The molecule has 1 rings (SSSR count). The van der Waals surface area contributed by atoms with E-state index < -0.39 is 37.0 Å². The van der Waals surface area contributed by atoms with E-state index in [1.165, 1.54) is 0 Å². The van der Waals surface area contributed by atoms with Crippen LogP contribution in [0.1, 0.15) is 0 Å². The lowest BCUT2D eigenvalue weighted by Crippen LogP contribution is -2.61. The third-order valence-corrected chi connectivity index (χ3v) is 1.78. The fourth-order valence-electron chi connectivity index (χ4n) is 0.929. The van der Waals surface area contributed by atoms with Gasteiger partial charge in [0.1, 0.15) is 18.8 Å². The summed E-state index contributed by atoms with van der Waals surface area (Å²) >= 11 is 0. The van der Waals surface area contributed by atoms with Gasteiger partial charge >= 0.3 is 0 Å². The molecule has 0 aliphatic carbocycles. The molecule has 70 valence electrons. The second-order valence-corrected chi connectivity index (χ2v) is 2.65. The first-order chi connectivity index (χ1) is 5.51. The summed E-state index contributed by atoms with van der Waals surface area (Å²) in [5.41, 5.74) is 0. The van der Waals surface area contributed by atoms with Crippen molar-refractivity contribution in [1.29, 1.82) is 0 Å². The van der Waals surface area contributed by atoms with E-state index in [4.69, 9.17) is 15.3 Å². The van der Waals surface area contributed by atoms with E-state index in [1.54, 1.807) is 0 Å². The molecule has 1 fully saturated rings. The largest absolute Gasteiger partial charge is 0.391 e. The Labute approximate surface area is 68.0 Å². The van der Waals surface area contributed by atoms with Crippen molar-refractivity contribution >= 4 is 5.78 Å². The molecule has 12 heavy (non-hydrogen) atoms. The molecular weight excluding hydrogens is 168 g/mol. The summed E-state index contributed by atoms with van der Waals surface area (Å²) in [6.07, 6.45) is -3.50. The zero-order valence-corrected chi connectivity index (χ0v) is 6.17. The lowest BCUT2D eigenvalue weighted by molar-refractivity contribution is -0.298.